The predicted molar refractivity (Wildman–Crippen MR) is 57.0 cm³/mol. The number of nitrogens with one attached hydrogen (secondary N) is 1. The van der Waals surface area contributed by atoms with Crippen LogP contribution in [0.2, 0.25) is 0 Å². The van der Waals surface area contributed by atoms with Gasteiger partial charge in [-0.25, -0.2) is 0 Å². The van der Waals surface area contributed by atoms with Crippen molar-refractivity contribution in [1.82, 2.24) is 5.32 Å². The summed E-state index contributed by atoms with van der Waals surface area (Å²) in [4.78, 5) is 22.4. The molecule has 0 unspecified atom stereocenters. The van der Waals surface area contributed by atoms with Crippen molar-refractivity contribution in [3.63, 3.8) is 0 Å². The van der Waals surface area contributed by atoms with Gasteiger partial charge in [0.25, 0.3) is 5.91 Å². The Bertz CT molecular complexity index is 370. The topological polar surface area (TPSA) is 68.5 Å². The lowest BCUT2D eigenvalue weighted by Crippen LogP contribution is -2.26. The molecule has 0 saturated carbocycles. The van der Waals surface area contributed by atoms with Gasteiger partial charge in [0.2, 0.25) is 0 Å². The lowest BCUT2D eigenvalue weighted by atomic mass is 10.4. The van der Waals surface area contributed by atoms with Crippen LogP contribution in [0.15, 0.2) is 16.5 Å². The van der Waals surface area contributed by atoms with E-state index in [0.29, 0.717) is 12.4 Å². The second-order valence-corrected chi connectivity index (χ2v) is 3.22. The highest BCUT2D eigenvalue weighted by Gasteiger charge is 2.10. The molecule has 0 atom stereocenters. The number of rotatable bonds is 5. The Hall–Kier alpha value is -1.78. The van der Waals surface area contributed by atoms with E-state index < -0.39 is 0 Å². The SMILES string of the molecule is CCOC(=O)CCNC(=O)c1ccc(C)o1. The Balaban J connectivity index is 2.28. The number of hydrogen-bond acceptors (Lipinski definition) is 4. The molecule has 1 rings (SSSR count). The zero-order valence-corrected chi connectivity index (χ0v) is 9.41. The quantitative estimate of drug-likeness (QED) is 0.766. The summed E-state index contributed by atoms with van der Waals surface area (Å²) in [6, 6.07) is 3.30. The third kappa shape index (κ3) is 3.76. The number of carbonyl (C=O) groups is 2. The molecule has 0 bridgehead atoms. The number of furan rings is 1. The van der Waals surface area contributed by atoms with Crippen molar-refractivity contribution < 1.29 is 18.7 Å². The number of aryl methyl sites for hydroxylation is 1. The van der Waals surface area contributed by atoms with E-state index in [1.165, 1.54) is 0 Å². The molecule has 1 aromatic heterocycles. The molecular weight excluding hydrogens is 210 g/mol. The van der Waals surface area contributed by atoms with Crippen LogP contribution in [-0.4, -0.2) is 25.0 Å². The fourth-order valence-corrected chi connectivity index (χ4v) is 1.15. The van der Waals surface area contributed by atoms with Gasteiger partial charge in [-0.1, -0.05) is 0 Å². The number of esters is 1. The first-order chi connectivity index (χ1) is 7.63. The molecule has 88 valence electrons. The van der Waals surface area contributed by atoms with Crippen LogP contribution in [0.1, 0.15) is 29.7 Å². The first-order valence-electron chi connectivity index (χ1n) is 5.13. The van der Waals surface area contributed by atoms with Crippen molar-refractivity contribution in [2.24, 2.45) is 0 Å². The average molecular weight is 225 g/mol. The molecule has 0 fully saturated rings. The third-order valence-electron chi connectivity index (χ3n) is 1.88. The van der Waals surface area contributed by atoms with E-state index >= 15 is 0 Å². The second-order valence-electron chi connectivity index (χ2n) is 3.22. The summed E-state index contributed by atoms with van der Waals surface area (Å²) < 4.78 is 9.84. The first kappa shape index (κ1) is 12.3. The van der Waals surface area contributed by atoms with Gasteiger partial charge in [-0.15, -0.1) is 0 Å². The van der Waals surface area contributed by atoms with Crippen molar-refractivity contribution in [2.45, 2.75) is 20.3 Å². The smallest absolute Gasteiger partial charge is 0.307 e. The van der Waals surface area contributed by atoms with Gasteiger partial charge in [-0.3, -0.25) is 9.59 Å². The molecule has 0 radical (unpaired) electrons. The predicted octanol–water partition coefficient (Wildman–Crippen LogP) is 1.27. The van der Waals surface area contributed by atoms with E-state index in [-0.39, 0.29) is 30.6 Å². The highest BCUT2D eigenvalue weighted by Crippen LogP contribution is 2.05. The fraction of sp³-hybridized carbons (Fsp3) is 0.455. The average Bonchev–Trinajstić information content (AvgIpc) is 2.65. The minimum absolute atomic E-state index is 0.166. The lowest BCUT2D eigenvalue weighted by molar-refractivity contribution is -0.142. The van der Waals surface area contributed by atoms with E-state index in [1.54, 1.807) is 26.0 Å². The molecule has 1 aromatic rings. The second kappa shape index (κ2) is 5.95. The molecule has 5 heteroatoms. The molecular formula is C11H15NO4. The zero-order valence-electron chi connectivity index (χ0n) is 9.41. The summed E-state index contributed by atoms with van der Waals surface area (Å²) in [7, 11) is 0. The van der Waals surface area contributed by atoms with Gasteiger partial charge in [-0.05, 0) is 26.0 Å². The van der Waals surface area contributed by atoms with Gasteiger partial charge in [0.05, 0.1) is 13.0 Å². The van der Waals surface area contributed by atoms with Gasteiger partial charge in [-0.2, -0.15) is 0 Å². The van der Waals surface area contributed by atoms with Crippen molar-refractivity contribution >= 4 is 11.9 Å². The fourth-order valence-electron chi connectivity index (χ4n) is 1.15. The Morgan fingerprint density at radius 2 is 2.19 bits per heavy atom. The molecule has 0 spiro atoms. The summed E-state index contributed by atoms with van der Waals surface area (Å²) in [6.07, 6.45) is 0.166. The number of ether oxygens (including phenoxy) is 1. The maximum Gasteiger partial charge on any atom is 0.307 e. The van der Waals surface area contributed by atoms with Gasteiger partial charge >= 0.3 is 5.97 Å². The van der Waals surface area contributed by atoms with Gasteiger partial charge in [0, 0.05) is 6.54 Å². The monoisotopic (exact) mass is 225 g/mol. The van der Waals surface area contributed by atoms with Crippen molar-refractivity contribution in [2.75, 3.05) is 13.2 Å². The normalized spacial score (nSPS) is 9.88. The van der Waals surface area contributed by atoms with Crippen LogP contribution in [0, 0.1) is 6.92 Å². The van der Waals surface area contributed by atoms with Crippen molar-refractivity contribution in [3.8, 4) is 0 Å². The maximum atomic E-state index is 11.4. The summed E-state index contributed by atoms with van der Waals surface area (Å²) in [5, 5.41) is 2.57. The van der Waals surface area contributed by atoms with E-state index in [1.807, 2.05) is 0 Å². The van der Waals surface area contributed by atoms with Crippen LogP contribution < -0.4 is 5.32 Å². The molecule has 0 aliphatic carbocycles. The molecule has 1 heterocycles. The van der Waals surface area contributed by atoms with Crippen molar-refractivity contribution in [3.05, 3.63) is 23.7 Å². The van der Waals surface area contributed by atoms with Crippen LogP contribution >= 0.6 is 0 Å². The minimum atomic E-state index is -0.322. The molecule has 1 N–H and O–H groups in total. The Morgan fingerprint density at radius 1 is 1.44 bits per heavy atom. The van der Waals surface area contributed by atoms with Crippen LogP contribution in [0.5, 0.6) is 0 Å². The summed E-state index contributed by atoms with van der Waals surface area (Å²) >= 11 is 0. The van der Waals surface area contributed by atoms with E-state index in [2.05, 4.69) is 5.32 Å². The van der Waals surface area contributed by atoms with Crippen LogP contribution in [0.3, 0.4) is 0 Å². The maximum absolute atomic E-state index is 11.4. The summed E-state index contributed by atoms with van der Waals surface area (Å²) in [6.45, 7) is 4.10. The Labute approximate surface area is 93.8 Å². The number of amides is 1. The van der Waals surface area contributed by atoms with E-state index in [4.69, 9.17) is 9.15 Å². The minimum Gasteiger partial charge on any atom is -0.466 e. The summed E-state index contributed by atoms with van der Waals surface area (Å²) in [5.74, 6) is 0.285. The van der Waals surface area contributed by atoms with E-state index in [0.717, 1.165) is 0 Å². The Kier molecular flexibility index (Phi) is 4.57. The van der Waals surface area contributed by atoms with Crippen LogP contribution in [-0.2, 0) is 9.53 Å². The molecule has 0 saturated heterocycles. The van der Waals surface area contributed by atoms with Gasteiger partial charge < -0.3 is 14.5 Å². The number of hydrogen-bond donors (Lipinski definition) is 1. The molecule has 16 heavy (non-hydrogen) atoms. The standard InChI is InChI=1S/C11H15NO4/c1-3-15-10(13)6-7-12-11(14)9-5-4-8(2)16-9/h4-5H,3,6-7H2,1-2H3,(H,12,14). The molecule has 0 aliphatic rings. The number of carbonyl (C=O) groups excluding carboxylic acids is 2. The van der Waals surface area contributed by atoms with Gasteiger partial charge in [0.1, 0.15) is 5.76 Å². The van der Waals surface area contributed by atoms with Crippen molar-refractivity contribution in [1.29, 1.82) is 0 Å². The summed E-state index contributed by atoms with van der Waals surface area (Å²) in [5.41, 5.74) is 0. The van der Waals surface area contributed by atoms with E-state index in [9.17, 15) is 9.59 Å². The van der Waals surface area contributed by atoms with Crippen LogP contribution in [0.4, 0.5) is 0 Å². The lowest BCUT2D eigenvalue weighted by Gasteiger charge is -2.03. The van der Waals surface area contributed by atoms with Crippen LogP contribution in [0.25, 0.3) is 0 Å². The zero-order chi connectivity index (χ0) is 12.0. The molecule has 0 aliphatic heterocycles. The molecule has 5 nitrogen and oxygen atoms in total. The third-order valence-corrected chi connectivity index (χ3v) is 1.88. The molecule has 1 amide bonds. The first-order valence-corrected chi connectivity index (χ1v) is 5.13. The highest BCUT2D eigenvalue weighted by molar-refractivity contribution is 5.91. The highest BCUT2D eigenvalue weighted by atomic mass is 16.5. The van der Waals surface area contributed by atoms with Gasteiger partial charge in [0.15, 0.2) is 5.76 Å². The molecule has 0 aromatic carbocycles. The largest absolute Gasteiger partial charge is 0.466 e. The Morgan fingerprint density at radius 3 is 2.75 bits per heavy atom.